The molecule has 1 aromatic carbocycles. The Morgan fingerprint density at radius 3 is 2.35 bits per heavy atom. The lowest BCUT2D eigenvalue weighted by Crippen LogP contribution is -2.35. The molecule has 96 valence electrons. The van der Waals surface area contributed by atoms with Crippen LogP contribution < -0.4 is 5.32 Å². The highest BCUT2D eigenvalue weighted by Crippen LogP contribution is 2.10. The quantitative estimate of drug-likeness (QED) is 0.710. The maximum Gasteiger partial charge on any atom is 0.00725 e. The van der Waals surface area contributed by atoms with E-state index in [2.05, 4.69) is 56.4 Å². The van der Waals surface area contributed by atoms with Crippen LogP contribution in [0.15, 0.2) is 30.3 Å². The van der Waals surface area contributed by atoms with Gasteiger partial charge in [0.2, 0.25) is 0 Å². The van der Waals surface area contributed by atoms with Crippen molar-refractivity contribution in [2.75, 3.05) is 0 Å². The van der Waals surface area contributed by atoms with Gasteiger partial charge in [-0.1, -0.05) is 63.9 Å². The first-order valence-corrected chi connectivity index (χ1v) is 7.02. The third-order valence-electron chi connectivity index (χ3n) is 3.10. The van der Waals surface area contributed by atoms with Crippen LogP contribution >= 0.6 is 0 Å². The average molecular weight is 233 g/mol. The molecule has 1 nitrogen and oxygen atoms in total. The van der Waals surface area contributed by atoms with E-state index in [-0.39, 0.29) is 0 Å². The van der Waals surface area contributed by atoms with Gasteiger partial charge in [-0.3, -0.25) is 0 Å². The molecule has 1 rings (SSSR count). The highest BCUT2D eigenvalue weighted by atomic mass is 14.9. The maximum atomic E-state index is 3.68. The van der Waals surface area contributed by atoms with E-state index >= 15 is 0 Å². The molecule has 1 aromatic rings. The molecule has 0 aliphatic carbocycles. The van der Waals surface area contributed by atoms with Crippen LogP contribution in [0.2, 0.25) is 0 Å². The molecule has 1 unspecified atom stereocenters. The van der Waals surface area contributed by atoms with Crippen molar-refractivity contribution in [2.45, 2.75) is 65.0 Å². The minimum Gasteiger partial charge on any atom is -0.312 e. The highest BCUT2D eigenvalue weighted by Gasteiger charge is 2.09. The Morgan fingerprint density at radius 2 is 1.76 bits per heavy atom. The zero-order valence-corrected chi connectivity index (χ0v) is 11.6. The van der Waals surface area contributed by atoms with Gasteiger partial charge in [0.05, 0.1) is 0 Å². The number of hydrogen-bond acceptors (Lipinski definition) is 1. The van der Waals surface area contributed by atoms with Gasteiger partial charge in [-0.2, -0.15) is 0 Å². The lowest BCUT2D eigenvalue weighted by atomic mass is 10.0. The van der Waals surface area contributed by atoms with Crippen LogP contribution in [0, 0.1) is 0 Å². The van der Waals surface area contributed by atoms with Gasteiger partial charge in [-0.15, -0.1) is 0 Å². The van der Waals surface area contributed by atoms with Crippen LogP contribution in [0.5, 0.6) is 0 Å². The Hall–Kier alpha value is -0.820. The summed E-state index contributed by atoms with van der Waals surface area (Å²) in [6, 6.07) is 12.1. The van der Waals surface area contributed by atoms with Crippen molar-refractivity contribution in [3.05, 3.63) is 35.9 Å². The molecule has 0 aliphatic rings. The first kappa shape index (κ1) is 14.2. The van der Waals surface area contributed by atoms with E-state index < -0.39 is 0 Å². The Kier molecular flexibility index (Phi) is 6.95. The Bertz CT molecular complexity index is 279. The predicted octanol–water partition coefficient (Wildman–Crippen LogP) is 4.18. The predicted molar refractivity (Wildman–Crippen MR) is 76.3 cm³/mol. The van der Waals surface area contributed by atoms with E-state index in [1.54, 1.807) is 0 Å². The monoisotopic (exact) mass is 233 g/mol. The van der Waals surface area contributed by atoms with Crippen molar-refractivity contribution in [1.82, 2.24) is 5.32 Å². The smallest absolute Gasteiger partial charge is 0.00725 e. The van der Waals surface area contributed by atoms with Gasteiger partial charge < -0.3 is 5.32 Å². The molecule has 0 fully saturated rings. The molecule has 0 bridgehead atoms. The average Bonchev–Trinajstić information content (AvgIpc) is 2.33. The largest absolute Gasteiger partial charge is 0.312 e. The van der Waals surface area contributed by atoms with Crippen molar-refractivity contribution in [3.63, 3.8) is 0 Å². The molecule has 0 heterocycles. The Labute approximate surface area is 107 Å². The van der Waals surface area contributed by atoms with E-state index in [0.717, 1.165) is 0 Å². The second-order valence-electron chi connectivity index (χ2n) is 5.18. The standard InChI is InChI=1S/C16H27N/c1-4-5-11-16(17-14(2)3)13-12-15-9-7-6-8-10-15/h6-10,14,16-17H,4-5,11-13H2,1-3H3. The molecular formula is C16H27N. The summed E-state index contributed by atoms with van der Waals surface area (Å²) < 4.78 is 0. The fourth-order valence-electron chi connectivity index (χ4n) is 2.22. The molecule has 17 heavy (non-hydrogen) atoms. The number of rotatable bonds is 8. The molecule has 1 heteroatoms. The summed E-state index contributed by atoms with van der Waals surface area (Å²) in [6.07, 6.45) is 6.37. The third-order valence-corrected chi connectivity index (χ3v) is 3.10. The highest BCUT2D eigenvalue weighted by molar-refractivity contribution is 5.14. The molecule has 1 N–H and O–H groups in total. The van der Waals surface area contributed by atoms with Gasteiger partial charge in [-0.25, -0.2) is 0 Å². The lowest BCUT2D eigenvalue weighted by Gasteiger charge is -2.21. The summed E-state index contributed by atoms with van der Waals surface area (Å²) in [6.45, 7) is 6.74. The van der Waals surface area contributed by atoms with Crippen LogP contribution in [-0.2, 0) is 6.42 Å². The minimum atomic E-state index is 0.590. The molecular weight excluding hydrogens is 206 g/mol. The number of benzene rings is 1. The van der Waals surface area contributed by atoms with Gasteiger partial charge in [0, 0.05) is 12.1 Å². The van der Waals surface area contributed by atoms with Gasteiger partial charge in [0.15, 0.2) is 0 Å². The Balaban J connectivity index is 2.37. The summed E-state index contributed by atoms with van der Waals surface area (Å²) in [5, 5.41) is 3.68. The molecule has 0 saturated carbocycles. The van der Waals surface area contributed by atoms with Crippen molar-refractivity contribution >= 4 is 0 Å². The van der Waals surface area contributed by atoms with E-state index in [1.807, 2.05) is 0 Å². The fraction of sp³-hybridized carbons (Fsp3) is 0.625. The summed E-state index contributed by atoms with van der Waals surface area (Å²) in [7, 11) is 0. The molecule has 0 radical (unpaired) electrons. The minimum absolute atomic E-state index is 0.590. The number of nitrogens with one attached hydrogen (secondary N) is 1. The van der Waals surface area contributed by atoms with E-state index in [0.29, 0.717) is 12.1 Å². The second-order valence-corrected chi connectivity index (χ2v) is 5.18. The summed E-state index contributed by atoms with van der Waals surface area (Å²) in [4.78, 5) is 0. The van der Waals surface area contributed by atoms with Crippen LogP contribution in [0.4, 0.5) is 0 Å². The number of unbranched alkanes of at least 4 members (excludes halogenated alkanes) is 1. The van der Waals surface area contributed by atoms with E-state index in [1.165, 1.54) is 37.7 Å². The zero-order valence-electron chi connectivity index (χ0n) is 11.6. The van der Waals surface area contributed by atoms with E-state index in [4.69, 9.17) is 0 Å². The van der Waals surface area contributed by atoms with Crippen LogP contribution in [0.3, 0.4) is 0 Å². The van der Waals surface area contributed by atoms with Gasteiger partial charge >= 0.3 is 0 Å². The zero-order chi connectivity index (χ0) is 12.5. The topological polar surface area (TPSA) is 12.0 Å². The first-order valence-electron chi connectivity index (χ1n) is 7.02. The lowest BCUT2D eigenvalue weighted by molar-refractivity contribution is 0.406. The number of aryl methyl sites for hydroxylation is 1. The van der Waals surface area contributed by atoms with Crippen molar-refractivity contribution in [1.29, 1.82) is 0 Å². The summed E-state index contributed by atoms with van der Waals surface area (Å²) in [5.41, 5.74) is 1.46. The second kappa shape index (κ2) is 8.30. The summed E-state index contributed by atoms with van der Waals surface area (Å²) in [5.74, 6) is 0. The fourth-order valence-corrected chi connectivity index (χ4v) is 2.22. The van der Waals surface area contributed by atoms with Crippen molar-refractivity contribution in [2.24, 2.45) is 0 Å². The first-order chi connectivity index (χ1) is 8.22. The molecule has 0 spiro atoms. The molecule has 0 amide bonds. The Morgan fingerprint density at radius 1 is 1.06 bits per heavy atom. The normalized spacial score (nSPS) is 12.9. The van der Waals surface area contributed by atoms with Crippen molar-refractivity contribution in [3.8, 4) is 0 Å². The molecule has 0 aromatic heterocycles. The van der Waals surface area contributed by atoms with Crippen LogP contribution in [-0.4, -0.2) is 12.1 Å². The SMILES string of the molecule is CCCCC(CCc1ccccc1)NC(C)C. The van der Waals surface area contributed by atoms with E-state index in [9.17, 15) is 0 Å². The number of hydrogen-bond donors (Lipinski definition) is 1. The van der Waals surface area contributed by atoms with Gasteiger partial charge in [-0.05, 0) is 24.8 Å². The van der Waals surface area contributed by atoms with Gasteiger partial charge in [0.1, 0.15) is 0 Å². The van der Waals surface area contributed by atoms with Crippen LogP contribution in [0.1, 0.15) is 52.0 Å². The molecule has 0 aliphatic heterocycles. The van der Waals surface area contributed by atoms with Crippen LogP contribution in [0.25, 0.3) is 0 Å². The third kappa shape index (κ3) is 6.48. The molecule has 0 saturated heterocycles. The van der Waals surface area contributed by atoms with Gasteiger partial charge in [0.25, 0.3) is 0 Å². The molecule has 1 atom stereocenters. The summed E-state index contributed by atoms with van der Waals surface area (Å²) >= 11 is 0. The van der Waals surface area contributed by atoms with Crippen molar-refractivity contribution < 1.29 is 0 Å². The maximum absolute atomic E-state index is 3.68.